The Kier molecular flexibility index (Phi) is 2.99. The zero-order valence-electron chi connectivity index (χ0n) is 11.3. The van der Waals surface area contributed by atoms with Crippen LogP contribution < -0.4 is 0 Å². The lowest BCUT2D eigenvalue weighted by atomic mass is 10.1. The second kappa shape index (κ2) is 4.81. The summed E-state index contributed by atoms with van der Waals surface area (Å²) in [6.45, 7) is 4.06. The normalized spacial score (nSPS) is 10.7. The molecule has 0 aliphatic rings. The number of hydrogen-bond acceptors (Lipinski definition) is 4. The Morgan fingerprint density at radius 1 is 1.05 bits per heavy atom. The maximum atomic E-state index is 9.49. The van der Waals surface area contributed by atoms with E-state index in [0.717, 1.165) is 16.7 Å². The molecule has 1 heterocycles. The van der Waals surface area contributed by atoms with Gasteiger partial charge in [-0.3, -0.25) is 0 Å². The van der Waals surface area contributed by atoms with Crippen LogP contribution in [-0.2, 0) is 0 Å². The first-order valence-electron chi connectivity index (χ1n) is 6.34. The van der Waals surface area contributed by atoms with E-state index in [2.05, 4.69) is 16.2 Å². The maximum absolute atomic E-state index is 9.49. The summed E-state index contributed by atoms with van der Waals surface area (Å²) >= 11 is 0. The highest BCUT2D eigenvalue weighted by Crippen LogP contribution is 2.26. The summed E-state index contributed by atoms with van der Waals surface area (Å²) in [4.78, 5) is 4.39. The second-order valence-corrected chi connectivity index (χ2v) is 4.79. The van der Waals surface area contributed by atoms with Gasteiger partial charge in [-0.05, 0) is 37.6 Å². The Morgan fingerprint density at radius 2 is 1.90 bits per heavy atom. The van der Waals surface area contributed by atoms with Crippen molar-refractivity contribution in [3.05, 3.63) is 53.6 Å². The summed E-state index contributed by atoms with van der Waals surface area (Å²) in [5, 5.41) is 13.5. The molecular formula is C16H14N2O2. The highest BCUT2D eigenvalue weighted by molar-refractivity contribution is 5.63. The molecule has 0 spiro atoms. The van der Waals surface area contributed by atoms with Crippen molar-refractivity contribution < 1.29 is 9.63 Å². The van der Waals surface area contributed by atoms with Gasteiger partial charge in [-0.2, -0.15) is 4.98 Å². The molecule has 0 bridgehead atoms. The third-order valence-electron chi connectivity index (χ3n) is 3.14. The fraction of sp³-hybridized carbons (Fsp3) is 0.125. The first kappa shape index (κ1) is 12.4. The molecule has 4 nitrogen and oxygen atoms in total. The van der Waals surface area contributed by atoms with Gasteiger partial charge in [0.25, 0.3) is 5.89 Å². The van der Waals surface area contributed by atoms with E-state index in [4.69, 9.17) is 4.52 Å². The van der Waals surface area contributed by atoms with Gasteiger partial charge < -0.3 is 9.63 Å². The van der Waals surface area contributed by atoms with Crippen molar-refractivity contribution in [1.82, 2.24) is 10.1 Å². The van der Waals surface area contributed by atoms with E-state index in [1.807, 2.05) is 32.0 Å². The first-order valence-corrected chi connectivity index (χ1v) is 6.34. The molecule has 2 aromatic carbocycles. The number of hydrogen-bond donors (Lipinski definition) is 1. The van der Waals surface area contributed by atoms with Crippen LogP contribution in [0.4, 0.5) is 0 Å². The van der Waals surface area contributed by atoms with E-state index in [0.29, 0.717) is 11.7 Å². The number of rotatable bonds is 2. The highest BCUT2D eigenvalue weighted by atomic mass is 16.5. The fourth-order valence-electron chi connectivity index (χ4n) is 2.15. The topological polar surface area (TPSA) is 59.2 Å². The molecule has 3 rings (SSSR count). The van der Waals surface area contributed by atoms with Gasteiger partial charge in [0.1, 0.15) is 5.75 Å². The van der Waals surface area contributed by atoms with Crippen LogP contribution in [-0.4, -0.2) is 15.2 Å². The highest BCUT2D eigenvalue weighted by Gasteiger charge is 2.12. The monoisotopic (exact) mass is 266 g/mol. The Balaban J connectivity index is 2.02. The molecule has 0 aliphatic heterocycles. The lowest BCUT2D eigenvalue weighted by Crippen LogP contribution is -1.85. The van der Waals surface area contributed by atoms with Gasteiger partial charge in [-0.25, -0.2) is 0 Å². The molecule has 0 atom stereocenters. The predicted molar refractivity (Wildman–Crippen MR) is 76.3 cm³/mol. The van der Waals surface area contributed by atoms with E-state index in [1.54, 1.807) is 18.2 Å². The molecule has 100 valence electrons. The van der Waals surface area contributed by atoms with Crippen LogP contribution in [0.1, 0.15) is 11.1 Å². The summed E-state index contributed by atoms with van der Waals surface area (Å²) < 4.78 is 5.32. The van der Waals surface area contributed by atoms with Gasteiger partial charge in [-0.15, -0.1) is 0 Å². The van der Waals surface area contributed by atoms with Crippen LogP contribution in [0.3, 0.4) is 0 Å². The second-order valence-electron chi connectivity index (χ2n) is 4.79. The lowest BCUT2D eigenvalue weighted by Gasteiger charge is -2.01. The Labute approximate surface area is 116 Å². The average Bonchev–Trinajstić information content (AvgIpc) is 2.88. The quantitative estimate of drug-likeness (QED) is 0.767. The van der Waals surface area contributed by atoms with E-state index in [-0.39, 0.29) is 5.75 Å². The van der Waals surface area contributed by atoms with Crippen LogP contribution in [0.15, 0.2) is 47.0 Å². The number of aryl methyl sites for hydroxylation is 2. The molecule has 0 fully saturated rings. The van der Waals surface area contributed by atoms with Gasteiger partial charge in [0.05, 0.1) is 0 Å². The Morgan fingerprint density at radius 3 is 2.65 bits per heavy atom. The van der Waals surface area contributed by atoms with Crippen molar-refractivity contribution in [2.24, 2.45) is 0 Å². The molecule has 4 heteroatoms. The van der Waals surface area contributed by atoms with Crippen LogP contribution in [0, 0.1) is 13.8 Å². The predicted octanol–water partition coefficient (Wildman–Crippen LogP) is 3.73. The SMILES string of the molecule is Cc1ccc(-c2nc(-c3cccc(O)c3)no2)c(C)c1. The number of aromatic hydroxyl groups is 1. The minimum Gasteiger partial charge on any atom is -0.508 e. The van der Waals surface area contributed by atoms with Crippen molar-refractivity contribution in [2.45, 2.75) is 13.8 Å². The summed E-state index contributed by atoms with van der Waals surface area (Å²) in [7, 11) is 0. The number of nitrogens with zero attached hydrogens (tertiary/aromatic N) is 2. The largest absolute Gasteiger partial charge is 0.508 e. The molecule has 1 N–H and O–H groups in total. The zero-order chi connectivity index (χ0) is 14.1. The van der Waals surface area contributed by atoms with Crippen molar-refractivity contribution >= 4 is 0 Å². The summed E-state index contributed by atoms with van der Waals surface area (Å²) in [5.41, 5.74) is 3.94. The van der Waals surface area contributed by atoms with E-state index >= 15 is 0 Å². The first-order chi connectivity index (χ1) is 9.63. The third-order valence-corrected chi connectivity index (χ3v) is 3.14. The number of aromatic nitrogens is 2. The van der Waals surface area contributed by atoms with Gasteiger partial charge in [0, 0.05) is 11.1 Å². The Hall–Kier alpha value is -2.62. The molecule has 0 radical (unpaired) electrons. The van der Waals surface area contributed by atoms with Crippen molar-refractivity contribution in [1.29, 1.82) is 0 Å². The van der Waals surface area contributed by atoms with Crippen LogP contribution in [0.25, 0.3) is 22.8 Å². The molecule has 0 saturated carbocycles. The van der Waals surface area contributed by atoms with Gasteiger partial charge >= 0.3 is 0 Å². The van der Waals surface area contributed by atoms with Crippen LogP contribution in [0.5, 0.6) is 5.75 Å². The zero-order valence-corrected chi connectivity index (χ0v) is 11.3. The molecule has 0 unspecified atom stereocenters. The molecule has 20 heavy (non-hydrogen) atoms. The molecule has 0 amide bonds. The van der Waals surface area contributed by atoms with Crippen molar-refractivity contribution in [2.75, 3.05) is 0 Å². The van der Waals surface area contributed by atoms with Gasteiger partial charge in [0.2, 0.25) is 5.82 Å². The standard InChI is InChI=1S/C16H14N2O2/c1-10-6-7-14(11(2)8-10)16-17-15(18-20-16)12-4-3-5-13(19)9-12/h3-9,19H,1-2H3. The third kappa shape index (κ3) is 2.28. The van der Waals surface area contributed by atoms with Gasteiger partial charge in [0.15, 0.2) is 0 Å². The fourth-order valence-corrected chi connectivity index (χ4v) is 2.15. The molecule has 0 aliphatic carbocycles. The van der Waals surface area contributed by atoms with E-state index in [9.17, 15) is 5.11 Å². The van der Waals surface area contributed by atoms with Gasteiger partial charge in [-0.1, -0.05) is 35.0 Å². The van der Waals surface area contributed by atoms with Crippen molar-refractivity contribution in [3.63, 3.8) is 0 Å². The summed E-state index contributed by atoms with van der Waals surface area (Å²) in [6, 6.07) is 12.9. The van der Waals surface area contributed by atoms with Crippen LogP contribution >= 0.6 is 0 Å². The average molecular weight is 266 g/mol. The smallest absolute Gasteiger partial charge is 0.258 e. The molecule has 3 aromatic rings. The number of phenols is 1. The minimum absolute atomic E-state index is 0.181. The molecule has 0 saturated heterocycles. The Bertz CT molecular complexity index is 763. The summed E-state index contributed by atoms with van der Waals surface area (Å²) in [6.07, 6.45) is 0. The van der Waals surface area contributed by atoms with E-state index in [1.165, 1.54) is 5.56 Å². The van der Waals surface area contributed by atoms with Crippen molar-refractivity contribution in [3.8, 4) is 28.6 Å². The molecular weight excluding hydrogens is 252 g/mol. The number of phenolic OH excluding ortho intramolecular Hbond substituents is 1. The summed E-state index contributed by atoms with van der Waals surface area (Å²) in [5.74, 6) is 1.14. The van der Waals surface area contributed by atoms with Crippen LogP contribution in [0.2, 0.25) is 0 Å². The maximum Gasteiger partial charge on any atom is 0.258 e. The number of benzene rings is 2. The molecule has 1 aromatic heterocycles. The minimum atomic E-state index is 0.181. The van der Waals surface area contributed by atoms with E-state index < -0.39 is 0 Å². The lowest BCUT2D eigenvalue weighted by molar-refractivity contribution is 0.432.